The van der Waals surface area contributed by atoms with Gasteiger partial charge in [-0.05, 0) is 48.3 Å². The smallest absolute Gasteiger partial charge is 0.336 e. The molecular formula is C13H15NO2. The molecule has 0 aromatic heterocycles. The molecule has 0 radical (unpaired) electrons. The number of rotatable bonds is 1. The monoisotopic (exact) mass is 217 g/mol. The lowest BCUT2D eigenvalue weighted by Crippen LogP contribution is -2.27. The van der Waals surface area contributed by atoms with Crippen LogP contribution in [0.2, 0.25) is 0 Å². The van der Waals surface area contributed by atoms with E-state index in [4.69, 9.17) is 5.73 Å². The number of carbonyl (C=O) groups is 1. The molecule has 0 bridgehead atoms. The highest BCUT2D eigenvalue weighted by atomic mass is 16.4. The van der Waals surface area contributed by atoms with Crippen LogP contribution in [0.25, 0.3) is 0 Å². The summed E-state index contributed by atoms with van der Waals surface area (Å²) < 4.78 is 0. The predicted octanol–water partition coefficient (Wildman–Crippen LogP) is 2.21. The molecule has 1 aromatic carbocycles. The summed E-state index contributed by atoms with van der Waals surface area (Å²) in [5.41, 5.74) is 8.83. The van der Waals surface area contributed by atoms with Gasteiger partial charge in [-0.15, -0.1) is 0 Å². The molecule has 0 saturated heterocycles. The van der Waals surface area contributed by atoms with Crippen molar-refractivity contribution in [3.05, 3.63) is 34.9 Å². The molecule has 1 aromatic rings. The number of benzene rings is 1. The number of nitrogens with two attached hydrogens (primary N) is 1. The SMILES string of the molecule is NC1CCC2(CC2)c2cccc(C(=O)O)c21. The minimum Gasteiger partial charge on any atom is -0.478 e. The van der Waals surface area contributed by atoms with Crippen molar-refractivity contribution < 1.29 is 9.90 Å². The topological polar surface area (TPSA) is 63.3 Å². The van der Waals surface area contributed by atoms with E-state index in [1.165, 1.54) is 18.4 Å². The highest BCUT2D eigenvalue weighted by Crippen LogP contribution is 2.57. The van der Waals surface area contributed by atoms with E-state index in [0.29, 0.717) is 5.56 Å². The van der Waals surface area contributed by atoms with Crippen molar-refractivity contribution in [2.24, 2.45) is 5.73 Å². The Bertz CT molecular complexity index is 463. The fraction of sp³-hybridized carbons (Fsp3) is 0.462. The van der Waals surface area contributed by atoms with Crippen molar-refractivity contribution in [3.8, 4) is 0 Å². The normalized spacial score (nSPS) is 25.2. The average Bonchev–Trinajstić information content (AvgIpc) is 3.04. The first kappa shape index (κ1) is 9.85. The Labute approximate surface area is 94.3 Å². The molecule has 1 fully saturated rings. The Morgan fingerprint density at radius 3 is 2.75 bits per heavy atom. The molecule has 0 aliphatic heterocycles. The third-order valence-corrected chi connectivity index (χ3v) is 4.07. The molecule has 3 nitrogen and oxygen atoms in total. The van der Waals surface area contributed by atoms with Crippen LogP contribution in [0, 0.1) is 0 Å². The Balaban J connectivity index is 2.22. The minimum absolute atomic E-state index is 0.103. The second-order valence-corrected chi connectivity index (χ2v) is 5.00. The summed E-state index contributed by atoms with van der Waals surface area (Å²) in [5, 5.41) is 9.19. The molecule has 2 aliphatic carbocycles. The van der Waals surface area contributed by atoms with Crippen molar-refractivity contribution >= 4 is 5.97 Å². The van der Waals surface area contributed by atoms with Crippen LogP contribution in [0.3, 0.4) is 0 Å². The van der Waals surface area contributed by atoms with Gasteiger partial charge in [-0.25, -0.2) is 4.79 Å². The maximum atomic E-state index is 11.2. The second-order valence-electron chi connectivity index (χ2n) is 5.00. The van der Waals surface area contributed by atoms with E-state index in [0.717, 1.165) is 18.4 Å². The van der Waals surface area contributed by atoms with Gasteiger partial charge in [0.15, 0.2) is 0 Å². The summed E-state index contributed by atoms with van der Waals surface area (Å²) in [7, 11) is 0. The van der Waals surface area contributed by atoms with Crippen LogP contribution in [0.5, 0.6) is 0 Å². The van der Waals surface area contributed by atoms with Crippen LogP contribution in [0.1, 0.15) is 53.2 Å². The van der Waals surface area contributed by atoms with Crippen LogP contribution < -0.4 is 5.73 Å². The molecule has 84 valence electrons. The standard InChI is InChI=1S/C13H15NO2/c14-10-4-5-13(6-7-13)9-3-1-2-8(11(9)10)12(15)16/h1-3,10H,4-7,14H2,(H,15,16). The van der Waals surface area contributed by atoms with E-state index in [1.54, 1.807) is 6.07 Å². The van der Waals surface area contributed by atoms with E-state index < -0.39 is 5.97 Å². The molecule has 1 atom stereocenters. The molecule has 3 heteroatoms. The van der Waals surface area contributed by atoms with E-state index in [2.05, 4.69) is 6.07 Å². The van der Waals surface area contributed by atoms with Crippen LogP contribution in [-0.4, -0.2) is 11.1 Å². The van der Waals surface area contributed by atoms with Crippen LogP contribution >= 0.6 is 0 Å². The van der Waals surface area contributed by atoms with Crippen molar-refractivity contribution in [2.45, 2.75) is 37.1 Å². The van der Waals surface area contributed by atoms with E-state index in [9.17, 15) is 9.90 Å². The van der Waals surface area contributed by atoms with Crippen molar-refractivity contribution in [1.29, 1.82) is 0 Å². The summed E-state index contributed by atoms with van der Waals surface area (Å²) in [6, 6.07) is 5.48. The number of hydrogen-bond donors (Lipinski definition) is 2. The van der Waals surface area contributed by atoms with Gasteiger partial charge in [0.1, 0.15) is 0 Å². The van der Waals surface area contributed by atoms with Gasteiger partial charge >= 0.3 is 5.97 Å². The molecule has 0 heterocycles. The largest absolute Gasteiger partial charge is 0.478 e. The molecule has 16 heavy (non-hydrogen) atoms. The summed E-state index contributed by atoms with van der Waals surface area (Å²) in [5.74, 6) is -0.856. The predicted molar refractivity (Wildman–Crippen MR) is 60.5 cm³/mol. The lowest BCUT2D eigenvalue weighted by atomic mass is 9.76. The zero-order chi connectivity index (χ0) is 11.3. The number of carboxylic acid groups (broad SMARTS) is 1. The number of carboxylic acids is 1. The maximum absolute atomic E-state index is 11.2. The lowest BCUT2D eigenvalue weighted by molar-refractivity contribution is 0.0694. The third-order valence-electron chi connectivity index (χ3n) is 4.07. The van der Waals surface area contributed by atoms with Gasteiger partial charge in [0, 0.05) is 6.04 Å². The number of aromatic carboxylic acids is 1. The summed E-state index contributed by atoms with van der Waals surface area (Å²) in [6.45, 7) is 0. The number of hydrogen-bond acceptors (Lipinski definition) is 2. The molecule has 1 spiro atoms. The molecule has 0 amide bonds. The molecule has 1 unspecified atom stereocenters. The van der Waals surface area contributed by atoms with Crippen LogP contribution in [0.15, 0.2) is 18.2 Å². The molecule has 2 aliphatic rings. The van der Waals surface area contributed by atoms with Crippen molar-refractivity contribution in [2.75, 3.05) is 0 Å². The van der Waals surface area contributed by atoms with Crippen LogP contribution in [0.4, 0.5) is 0 Å². The van der Waals surface area contributed by atoms with Gasteiger partial charge in [-0.2, -0.15) is 0 Å². The van der Waals surface area contributed by atoms with E-state index >= 15 is 0 Å². The van der Waals surface area contributed by atoms with Crippen molar-refractivity contribution in [3.63, 3.8) is 0 Å². The fourth-order valence-electron chi connectivity index (χ4n) is 2.99. The zero-order valence-corrected chi connectivity index (χ0v) is 9.07. The Kier molecular flexibility index (Phi) is 1.89. The van der Waals surface area contributed by atoms with Gasteiger partial charge < -0.3 is 10.8 Å². The molecule has 3 N–H and O–H groups in total. The van der Waals surface area contributed by atoms with Gasteiger partial charge in [0.05, 0.1) is 5.56 Å². The Morgan fingerprint density at radius 2 is 2.12 bits per heavy atom. The molecular weight excluding hydrogens is 202 g/mol. The first-order valence-corrected chi connectivity index (χ1v) is 5.76. The minimum atomic E-state index is -0.856. The molecule has 3 rings (SSSR count). The quantitative estimate of drug-likeness (QED) is 0.758. The van der Waals surface area contributed by atoms with Crippen LogP contribution in [-0.2, 0) is 5.41 Å². The first-order chi connectivity index (χ1) is 7.64. The van der Waals surface area contributed by atoms with Gasteiger partial charge in [0.2, 0.25) is 0 Å². The Hall–Kier alpha value is -1.35. The average molecular weight is 217 g/mol. The fourth-order valence-corrected chi connectivity index (χ4v) is 2.99. The second kappa shape index (κ2) is 3.08. The summed E-state index contributed by atoms with van der Waals surface area (Å²) in [4.78, 5) is 11.2. The highest BCUT2D eigenvalue weighted by molar-refractivity contribution is 5.90. The van der Waals surface area contributed by atoms with Gasteiger partial charge in [-0.1, -0.05) is 12.1 Å². The summed E-state index contributed by atoms with van der Waals surface area (Å²) >= 11 is 0. The van der Waals surface area contributed by atoms with Gasteiger partial charge in [0.25, 0.3) is 0 Å². The maximum Gasteiger partial charge on any atom is 0.336 e. The van der Waals surface area contributed by atoms with Gasteiger partial charge in [-0.3, -0.25) is 0 Å². The summed E-state index contributed by atoms with van der Waals surface area (Å²) in [6.07, 6.45) is 4.41. The number of fused-ring (bicyclic) bond motifs is 2. The lowest BCUT2D eigenvalue weighted by Gasteiger charge is -2.30. The van der Waals surface area contributed by atoms with E-state index in [-0.39, 0.29) is 11.5 Å². The zero-order valence-electron chi connectivity index (χ0n) is 9.07. The third kappa shape index (κ3) is 1.21. The Morgan fingerprint density at radius 1 is 1.38 bits per heavy atom. The van der Waals surface area contributed by atoms with Crippen molar-refractivity contribution in [1.82, 2.24) is 0 Å². The first-order valence-electron chi connectivity index (χ1n) is 5.76. The molecule has 1 saturated carbocycles. The van der Waals surface area contributed by atoms with E-state index in [1.807, 2.05) is 6.07 Å². The highest BCUT2D eigenvalue weighted by Gasteiger charge is 2.48.